The molecule has 1 aromatic carbocycles. The maximum atomic E-state index is 10.4. The zero-order chi connectivity index (χ0) is 15.0. The lowest BCUT2D eigenvalue weighted by atomic mass is 10.1. The second-order valence-corrected chi connectivity index (χ2v) is 4.88. The summed E-state index contributed by atoms with van der Waals surface area (Å²) in [4.78, 5) is 2.27. The highest BCUT2D eigenvalue weighted by Gasteiger charge is 2.14. The predicted octanol–water partition coefficient (Wildman–Crippen LogP) is 2.86. The topological polar surface area (TPSA) is 41.9 Å². The molecule has 0 amide bonds. The van der Waals surface area contributed by atoms with E-state index in [9.17, 15) is 5.11 Å². The number of hydrogen-bond acceptors (Lipinski definition) is 4. The molecule has 1 N–H and O–H groups in total. The molecule has 0 spiro atoms. The molecule has 114 valence electrons. The molecule has 0 saturated heterocycles. The molecule has 0 fully saturated rings. The Morgan fingerprint density at radius 3 is 2.40 bits per heavy atom. The minimum Gasteiger partial charge on any atom is -0.493 e. The summed E-state index contributed by atoms with van der Waals surface area (Å²) < 4.78 is 10.5. The number of aliphatic hydroxyl groups is 1. The zero-order valence-electron chi connectivity index (χ0n) is 13.1. The summed E-state index contributed by atoms with van der Waals surface area (Å²) in [7, 11) is 3.21. The smallest absolute Gasteiger partial charge is 0.161 e. The second kappa shape index (κ2) is 8.82. The highest BCUT2D eigenvalue weighted by atomic mass is 16.5. The van der Waals surface area contributed by atoms with E-state index in [-0.39, 0.29) is 0 Å². The van der Waals surface area contributed by atoms with E-state index in [4.69, 9.17) is 9.47 Å². The van der Waals surface area contributed by atoms with Crippen molar-refractivity contribution in [2.24, 2.45) is 0 Å². The van der Waals surface area contributed by atoms with Crippen LogP contribution in [0.3, 0.4) is 0 Å². The normalized spacial score (nSPS) is 12.5. The van der Waals surface area contributed by atoms with Gasteiger partial charge in [-0.15, -0.1) is 0 Å². The van der Waals surface area contributed by atoms with Gasteiger partial charge in [0, 0.05) is 6.54 Å². The lowest BCUT2D eigenvalue weighted by molar-refractivity contribution is 0.115. The van der Waals surface area contributed by atoms with Crippen molar-refractivity contribution >= 4 is 0 Å². The number of likely N-dealkylation sites (N-methyl/N-ethyl adjacent to an activating group) is 1. The van der Waals surface area contributed by atoms with Gasteiger partial charge in [-0.25, -0.2) is 0 Å². The average Bonchev–Trinajstić information content (AvgIpc) is 2.50. The van der Waals surface area contributed by atoms with E-state index >= 15 is 0 Å². The predicted molar refractivity (Wildman–Crippen MR) is 81.5 cm³/mol. The van der Waals surface area contributed by atoms with Crippen LogP contribution in [0.15, 0.2) is 18.2 Å². The van der Waals surface area contributed by atoms with Crippen LogP contribution in [0, 0.1) is 0 Å². The molecule has 0 aliphatic heterocycles. The van der Waals surface area contributed by atoms with Gasteiger partial charge in [-0.05, 0) is 37.2 Å². The summed E-state index contributed by atoms with van der Waals surface area (Å²) in [5, 5.41) is 10.4. The third-order valence-electron chi connectivity index (χ3n) is 3.50. The SMILES string of the molecule is CCCCN(CC)CC(O)c1ccc(OC)c(OC)c1. The van der Waals surface area contributed by atoms with Crippen molar-refractivity contribution in [1.82, 2.24) is 4.90 Å². The van der Waals surface area contributed by atoms with Crippen LogP contribution >= 0.6 is 0 Å². The summed E-state index contributed by atoms with van der Waals surface area (Å²) >= 11 is 0. The molecule has 4 nitrogen and oxygen atoms in total. The largest absolute Gasteiger partial charge is 0.493 e. The van der Waals surface area contributed by atoms with Crippen LogP contribution in [0.1, 0.15) is 38.4 Å². The average molecular weight is 281 g/mol. The van der Waals surface area contributed by atoms with Crippen LogP contribution in [0.2, 0.25) is 0 Å². The Labute approximate surface area is 122 Å². The van der Waals surface area contributed by atoms with Crippen LogP contribution in [-0.2, 0) is 0 Å². The summed E-state index contributed by atoms with van der Waals surface area (Å²) in [5.41, 5.74) is 0.859. The third kappa shape index (κ3) is 4.69. The fourth-order valence-corrected chi connectivity index (χ4v) is 2.17. The van der Waals surface area contributed by atoms with Crippen molar-refractivity contribution in [2.75, 3.05) is 33.9 Å². The number of aliphatic hydroxyl groups excluding tert-OH is 1. The minimum atomic E-state index is -0.508. The first-order chi connectivity index (χ1) is 9.65. The monoisotopic (exact) mass is 281 g/mol. The Bertz CT molecular complexity index is 395. The van der Waals surface area contributed by atoms with Gasteiger partial charge in [-0.3, -0.25) is 0 Å². The molecule has 1 atom stereocenters. The summed E-state index contributed by atoms with van der Waals surface area (Å²) in [5.74, 6) is 1.34. The number of unbranched alkanes of at least 4 members (excludes halogenated alkanes) is 1. The molecule has 20 heavy (non-hydrogen) atoms. The Morgan fingerprint density at radius 2 is 1.85 bits per heavy atom. The van der Waals surface area contributed by atoms with Crippen molar-refractivity contribution in [1.29, 1.82) is 0 Å². The summed E-state index contributed by atoms with van der Waals surface area (Å²) in [6.45, 7) is 6.92. The van der Waals surface area contributed by atoms with Crippen molar-refractivity contribution in [3.63, 3.8) is 0 Å². The van der Waals surface area contributed by atoms with Gasteiger partial charge in [-0.2, -0.15) is 0 Å². The number of hydrogen-bond donors (Lipinski definition) is 1. The fraction of sp³-hybridized carbons (Fsp3) is 0.625. The molecule has 4 heteroatoms. The van der Waals surface area contributed by atoms with Crippen molar-refractivity contribution in [2.45, 2.75) is 32.8 Å². The molecule has 1 aromatic rings. The molecule has 0 aromatic heterocycles. The van der Waals surface area contributed by atoms with Crippen LogP contribution in [0.25, 0.3) is 0 Å². The molecular weight excluding hydrogens is 254 g/mol. The first kappa shape index (κ1) is 16.8. The van der Waals surface area contributed by atoms with Crippen LogP contribution in [0.5, 0.6) is 11.5 Å². The molecule has 0 aliphatic rings. The van der Waals surface area contributed by atoms with E-state index < -0.39 is 6.10 Å². The maximum absolute atomic E-state index is 10.4. The number of nitrogens with zero attached hydrogens (tertiary/aromatic N) is 1. The van der Waals surface area contributed by atoms with Crippen molar-refractivity contribution in [3.8, 4) is 11.5 Å². The van der Waals surface area contributed by atoms with E-state index in [0.717, 1.165) is 25.1 Å². The fourth-order valence-electron chi connectivity index (χ4n) is 2.17. The number of ether oxygens (including phenoxy) is 2. The van der Waals surface area contributed by atoms with Gasteiger partial charge in [0.05, 0.1) is 20.3 Å². The van der Waals surface area contributed by atoms with Crippen molar-refractivity contribution < 1.29 is 14.6 Å². The molecule has 0 aliphatic carbocycles. The van der Waals surface area contributed by atoms with Gasteiger partial charge < -0.3 is 19.5 Å². The number of rotatable bonds is 9. The summed E-state index contributed by atoms with van der Waals surface area (Å²) in [6, 6.07) is 5.57. The molecule has 1 rings (SSSR count). The van der Waals surface area contributed by atoms with E-state index in [2.05, 4.69) is 18.7 Å². The molecule has 0 heterocycles. The minimum absolute atomic E-state index is 0.508. The Kier molecular flexibility index (Phi) is 7.41. The highest BCUT2D eigenvalue weighted by molar-refractivity contribution is 5.43. The third-order valence-corrected chi connectivity index (χ3v) is 3.50. The van der Waals surface area contributed by atoms with E-state index in [1.807, 2.05) is 18.2 Å². The van der Waals surface area contributed by atoms with Gasteiger partial charge in [0.1, 0.15) is 0 Å². The van der Waals surface area contributed by atoms with E-state index in [0.29, 0.717) is 18.0 Å². The van der Waals surface area contributed by atoms with Crippen LogP contribution in [0.4, 0.5) is 0 Å². The Morgan fingerprint density at radius 1 is 1.15 bits per heavy atom. The van der Waals surface area contributed by atoms with E-state index in [1.165, 1.54) is 6.42 Å². The zero-order valence-corrected chi connectivity index (χ0v) is 13.1. The van der Waals surface area contributed by atoms with Gasteiger partial charge in [0.25, 0.3) is 0 Å². The number of benzene rings is 1. The van der Waals surface area contributed by atoms with Crippen LogP contribution in [-0.4, -0.2) is 43.9 Å². The standard InChI is InChI=1S/C16H27NO3/c1-5-7-10-17(6-2)12-14(18)13-8-9-15(19-3)16(11-13)20-4/h8-9,11,14,18H,5-7,10,12H2,1-4H3. The number of methoxy groups -OCH3 is 2. The molecule has 0 saturated carbocycles. The van der Waals surface area contributed by atoms with Crippen molar-refractivity contribution in [3.05, 3.63) is 23.8 Å². The second-order valence-electron chi connectivity index (χ2n) is 4.88. The molecule has 1 unspecified atom stereocenters. The lowest BCUT2D eigenvalue weighted by Gasteiger charge is -2.24. The van der Waals surface area contributed by atoms with Gasteiger partial charge >= 0.3 is 0 Å². The first-order valence-corrected chi connectivity index (χ1v) is 7.28. The summed E-state index contributed by atoms with van der Waals surface area (Å²) in [6.07, 6.45) is 1.82. The maximum Gasteiger partial charge on any atom is 0.161 e. The molecule has 0 radical (unpaired) electrons. The van der Waals surface area contributed by atoms with Gasteiger partial charge in [0.2, 0.25) is 0 Å². The van der Waals surface area contributed by atoms with Crippen LogP contribution < -0.4 is 9.47 Å². The first-order valence-electron chi connectivity index (χ1n) is 7.28. The quantitative estimate of drug-likeness (QED) is 0.756. The highest BCUT2D eigenvalue weighted by Crippen LogP contribution is 2.30. The Hall–Kier alpha value is -1.26. The molecular formula is C16H27NO3. The lowest BCUT2D eigenvalue weighted by Crippen LogP contribution is -2.29. The van der Waals surface area contributed by atoms with Gasteiger partial charge in [0.15, 0.2) is 11.5 Å². The van der Waals surface area contributed by atoms with E-state index in [1.54, 1.807) is 14.2 Å². The Balaban J connectivity index is 2.73. The molecule has 0 bridgehead atoms. The van der Waals surface area contributed by atoms with Gasteiger partial charge in [-0.1, -0.05) is 26.3 Å².